The molecule has 0 aliphatic heterocycles. The van der Waals surface area contributed by atoms with Crippen LogP contribution in [-0.2, 0) is 12.8 Å². The van der Waals surface area contributed by atoms with E-state index in [4.69, 9.17) is 0 Å². The molecule has 1 nitrogen and oxygen atoms in total. The molecule has 2 aromatic carbocycles. The average molecular weight is 240 g/mol. The zero-order valence-corrected chi connectivity index (χ0v) is 11.1. The van der Waals surface area contributed by atoms with Crippen LogP contribution in [0.4, 0.5) is 0 Å². The van der Waals surface area contributed by atoms with Crippen molar-refractivity contribution in [3.8, 4) is 5.75 Å². The molecule has 0 saturated carbocycles. The predicted molar refractivity (Wildman–Crippen MR) is 76.0 cm³/mol. The smallest absolute Gasteiger partial charge is 0.119 e. The number of benzene rings is 2. The Bertz CT molecular complexity index is 500. The van der Waals surface area contributed by atoms with Gasteiger partial charge in [-0.1, -0.05) is 56.3 Å². The first-order valence-electron chi connectivity index (χ1n) is 6.52. The Hall–Kier alpha value is -1.76. The summed E-state index contributed by atoms with van der Waals surface area (Å²) in [4.78, 5) is 0. The first-order chi connectivity index (χ1) is 8.66. The van der Waals surface area contributed by atoms with E-state index in [0.29, 0.717) is 11.7 Å². The number of rotatable bonds is 4. The number of hydrogen-bond donors (Lipinski definition) is 1. The molecule has 94 valence electrons. The maximum atomic E-state index is 9.79. The van der Waals surface area contributed by atoms with Gasteiger partial charge in [0.05, 0.1) is 0 Å². The monoisotopic (exact) mass is 240 g/mol. The van der Waals surface area contributed by atoms with E-state index in [0.717, 1.165) is 18.4 Å². The van der Waals surface area contributed by atoms with Gasteiger partial charge < -0.3 is 5.11 Å². The molecule has 1 heteroatoms. The van der Waals surface area contributed by atoms with Crippen molar-refractivity contribution in [1.82, 2.24) is 0 Å². The lowest BCUT2D eigenvalue weighted by Crippen LogP contribution is -1.94. The maximum absolute atomic E-state index is 9.79. The quantitative estimate of drug-likeness (QED) is 0.844. The molecular weight excluding hydrogens is 220 g/mol. The van der Waals surface area contributed by atoms with Crippen LogP contribution >= 0.6 is 0 Å². The summed E-state index contributed by atoms with van der Waals surface area (Å²) in [5.74, 6) is 0.773. The Balaban J connectivity index is 2.08. The summed E-state index contributed by atoms with van der Waals surface area (Å²) in [6.07, 6.45) is 2.06. The Morgan fingerprint density at radius 3 is 2.22 bits per heavy atom. The number of phenolic OH excluding ortho intramolecular Hbond substituents is 1. The highest BCUT2D eigenvalue weighted by molar-refractivity contribution is 5.38. The molecule has 0 unspecified atom stereocenters. The van der Waals surface area contributed by atoms with Crippen molar-refractivity contribution in [2.24, 2.45) is 0 Å². The molecule has 0 bridgehead atoms. The number of hydrogen-bond acceptors (Lipinski definition) is 1. The van der Waals surface area contributed by atoms with Crippen molar-refractivity contribution in [3.63, 3.8) is 0 Å². The van der Waals surface area contributed by atoms with Crippen LogP contribution in [-0.4, -0.2) is 5.11 Å². The van der Waals surface area contributed by atoms with E-state index >= 15 is 0 Å². The van der Waals surface area contributed by atoms with Crippen LogP contribution in [0.1, 0.15) is 36.5 Å². The molecule has 0 saturated heterocycles. The minimum Gasteiger partial charge on any atom is -0.508 e. The van der Waals surface area contributed by atoms with Gasteiger partial charge in [0.25, 0.3) is 0 Å². The third-order valence-electron chi connectivity index (χ3n) is 3.26. The molecule has 0 heterocycles. The molecule has 0 aliphatic rings. The largest absolute Gasteiger partial charge is 0.508 e. The lowest BCUT2D eigenvalue weighted by molar-refractivity contribution is 0.464. The lowest BCUT2D eigenvalue weighted by Gasteiger charge is -2.10. The van der Waals surface area contributed by atoms with Gasteiger partial charge in [0.1, 0.15) is 5.75 Å². The fourth-order valence-electron chi connectivity index (χ4n) is 2.16. The summed E-state index contributed by atoms with van der Waals surface area (Å²) < 4.78 is 0. The fourth-order valence-corrected chi connectivity index (χ4v) is 2.16. The maximum Gasteiger partial charge on any atom is 0.119 e. The number of phenols is 1. The highest BCUT2D eigenvalue weighted by Crippen LogP contribution is 2.26. The zero-order valence-electron chi connectivity index (χ0n) is 11.1. The summed E-state index contributed by atoms with van der Waals surface area (Å²) in [5, 5.41) is 9.79. The van der Waals surface area contributed by atoms with E-state index in [1.807, 2.05) is 18.2 Å². The van der Waals surface area contributed by atoms with Gasteiger partial charge in [0.15, 0.2) is 0 Å². The normalized spacial score (nSPS) is 10.8. The van der Waals surface area contributed by atoms with Crippen LogP contribution in [0, 0.1) is 0 Å². The molecule has 0 amide bonds. The van der Waals surface area contributed by atoms with Crippen LogP contribution < -0.4 is 0 Å². The van der Waals surface area contributed by atoms with Crippen LogP contribution in [0.15, 0.2) is 48.5 Å². The van der Waals surface area contributed by atoms with Gasteiger partial charge in [-0.05, 0) is 41.5 Å². The minimum atomic E-state index is 0.363. The standard InChI is InChI=1S/C17H20O/c1-13(2)16-12-15(10-11-17(16)18)9-8-14-6-4-3-5-7-14/h3-7,10-13,18H,8-9H2,1-2H3. The van der Waals surface area contributed by atoms with Gasteiger partial charge in [-0.15, -0.1) is 0 Å². The van der Waals surface area contributed by atoms with Gasteiger partial charge in [-0.2, -0.15) is 0 Å². The molecule has 0 fully saturated rings. The Morgan fingerprint density at radius 2 is 1.56 bits per heavy atom. The molecular formula is C17H20O. The van der Waals surface area contributed by atoms with Gasteiger partial charge in [-0.3, -0.25) is 0 Å². The second-order valence-electron chi connectivity index (χ2n) is 5.03. The Kier molecular flexibility index (Phi) is 4.03. The van der Waals surface area contributed by atoms with Crippen molar-refractivity contribution in [2.75, 3.05) is 0 Å². The summed E-state index contributed by atoms with van der Waals surface area (Å²) in [6.45, 7) is 4.21. The van der Waals surface area contributed by atoms with Gasteiger partial charge in [-0.25, -0.2) is 0 Å². The zero-order chi connectivity index (χ0) is 13.0. The molecule has 0 aliphatic carbocycles. The van der Waals surface area contributed by atoms with Crippen LogP contribution in [0.2, 0.25) is 0 Å². The summed E-state index contributed by atoms with van der Waals surface area (Å²) in [6, 6.07) is 16.5. The Morgan fingerprint density at radius 1 is 0.889 bits per heavy atom. The molecule has 0 atom stereocenters. The lowest BCUT2D eigenvalue weighted by atomic mass is 9.97. The van der Waals surface area contributed by atoms with Crippen molar-refractivity contribution in [3.05, 3.63) is 65.2 Å². The number of aryl methyl sites for hydroxylation is 2. The third kappa shape index (κ3) is 3.13. The highest BCUT2D eigenvalue weighted by Gasteiger charge is 2.06. The van der Waals surface area contributed by atoms with Gasteiger partial charge >= 0.3 is 0 Å². The van der Waals surface area contributed by atoms with Crippen molar-refractivity contribution in [1.29, 1.82) is 0 Å². The van der Waals surface area contributed by atoms with Gasteiger partial charge in [0.2, 0.25) is 0 Å². The average Bonchev–Trinajstić information content (AvgIpc) is 2.38. The first kappa shape index (κ1) is 12.7. The van der Waals surface area contributed by atoms with E-state index in [1.54, 1.807) is 0 Å². The number of aromatic hydroxyl groups is 1. The summed E-state index contributed by atoms with van der Waals surface area (Å²) >= 11 is 0. The first-order valence-corrected chi connectivity index (χ1v) is 6.52. The SMILES string of the molecule is CC(C)c1cc(CCc2ccccc2)ccc1O. The molecule has 1 N–H and O–H groups in total. The van der Waals surface area contributed by atoms with E-state index in [2.05, 4.69) is 44.2 Å². The fraction of sp³-hybridized carbons (Fsp3) is 0.294. The second kappa shape index (κ2) is 5.72. The third-order valence-corrected chi connectivity index (χ3v) is 3.26. The highest BCUT2D eigenvalue weighted by atomic mass is 16.3. The second-order valence-corrected chi connectivity index (χ2v) is 5.03. The topological polar surface area (TPSA) is 20.2 Å². The molecule has 2 aromatic rings. The van der Waals surface area contributed by atoms with E-state index in [1.165, 1.54) is 11.1 Å². The van der Waals surface area contributed by atoms with Crippen LogP contribution in [0.5, 0.6) is 5.75 Å². The van der Waals surface area contributed by atoms with Crippen molar-refractivity contribution in [2.45, 2.75) is 32.6 Å². The summed E-state index contributed by atoms with van der Waals surface area (Å²) in [7, 11) is 0. The molecule has 0 radical (unpaired) electrons. The summed E-state index contributed by atoms with van der Waals surface area (Å²) in [5.41, 5.74) is 3.69. The molecule has 2 rings (SSSR count). The van der Waals surface area contributed by atoms with Crippen LogP contribution in [0.25, 0.3) is 0 Å². The van der Waals surface area contributed by atoms with Gasteiger partial charge in [0, 0.05) is 0 Å². The van der Waals surface area contributed by atoms with E-state index < -0.39 is 0 Å². The predicted octanol–water partition coefficient (Wildman–Crippen LogP) is 4.30. The van der Waals surface area contributed by atoms with E-state index in [-0.39, 0.29) is 0 Å². The minimum absolute atomic E-state index is 0.363. The van der Waals surface area contributed by atoms with Crippen molar-refractivity contribution < 1.29 is 5.11 Å². The molecule has 18 heavy (non-hydrogen) atoms. The van der Waals surface area contributed by atoms with E-state index in [9.17, 15) is 5.11 Å². The Labute approximate surface area is 109 Å². The molecule has 0 aromatic heterocycles. The van der Waals surface area contributed by atoms with Crippen molar-refractivity contribution >= 4 is 0 Å². The van der Waals surface area contributed by atoms with Crippen LogP contribution in [0.3, 0.4) is 0 Å². The molecule has 0 spiro atoms.